The van der Waals surface area contributed by atoms with Gasteiger partial charge in [-0.25, -0.2) is 4.79 Å². The lowest BCUT2D eigenvalue weighted by Crippen LogP contribution is -2.33. The fraction of sp³-hybridized carbons (Fsp3) is 0.556. The minimum absolute atomic E-state index is 0.0474. The van der Waals surface area contributed by atoms with Gasteiger partial charge in [0.05, 0.1) is 12.5 Å². The second-order valence-corrected chi connectivity index (χ2v) is 7.01. The third kappa shape index (κ3) is 5.27. The molecule has 126 valence electrons. The van der Waals surface area contributed by atoms with Gasteiger partial charge in [0.2, 0.25) is 0 Å². The number of cyclic esters (lactones) is 1. The summed E-state index contributed by atoms with van der Waals surface area (Å²) in [5, 5.41) is 0. The maximum Gasteiger partial charge on any atom is 0.410 e. The minimum atomic E-state index is -0.504. The molecule has 0 saturated carbocycles. The van der Waals surface area contributed by atoms with E-state index in [1.165, 1.54) is 0 Å². The molecule has 5 nitrogen and oxygen atoms in total. The zero-order chi connectivity index (χ0) is 17.0. The number of hydrogen-bond acceptors (Lipinski definition) is 4. The van der Waals surface area contributed by atoms with Crippen LogP contribution in [-0.4, -0.2) is 36.2 Å². The van der Waals surface area contributed by atoms with Gasteiger partial charge >= 0.3 is 12.1 Å². The van der Waals surface area contributed by atoms with Crippen LogP contribution in [0.3, 0.4) is 0 Å². The summed E-state index contributed by atoms with van der Waals surface area (Å²) in [6, 6.07) is 7.96. The normalized spacial score (nSPS) is 17.7. The molecule has 1 unspecified atom stereocenters. The van der Waals surface area contributed by atoms with Gasteiger partial charge in [0.25, 0.3) is 0 Å². The highest BCUT2D eigenvalue weighted by Gasteiger charge is 2.26. The van der Waals surface area contributed by atoms with Gasteiger partial charge < -0.3 is 14.4 Å². The quantitative estimate of drug-likeness (QED) is 0.800. The molecule has 0 N–H and O–H groups in total. The van der Waals surface area contributed by atoms with Gasteiger partial charge in [-0.2, -0.15) is 0 Å². The van der Waals surface area contributed by atoms with Crippen LogP contribution < -0.4 is 0 Å². The van der Waals surface area contributed by atoms with Gasteiger partial charge in [-0.05, 0) is 44.7 Å². The molecule has 0 radical (unpaired) electrons. The van der Waals surface area contributed by atoms with Crippen LogP contribution in [0.4, 0.5) is 4.79 Å². The molecule has 1 saturated heterocycles. The molecule has 0 aliphatic carbocycles. The molecule has 1 heterocycles. The SMILES string of the molecule is CN(Cc1cccc(CC2CCOC2=O)c1)C(=O)OC(C)(C)C. The number of rotatable bonds is 4. The molecule has 1 fully saturated rings. The van der Waals surface area contributed by atoms with E-state index >= 15 is 0 Å². The van der Waals surface area contributed by atoms with Crippen molar-refractivity contribution in [2.45, 2.75) is 45.8 Å². The van der Waals surface area contributed by atoms with Gasteiger partial charge in [0.15, 0.2) is 0 Å². The van der Waals surface area contributed by atoms with Gasteiger partial charge in [-0.3, -0.25) is 4.79 Å². The summed E-state index contributed by atoms with van der Waals surface area (Å²) in [6.07, 6.45) is 1.12. The highest BCUT2D eigenvalue weighted by Crippen LogP contribution is 2.21. The molecule has 2 rings (SSSR count). The fourth-order valence-electron chi connectivity index (χ4n) is 2.54. The Balaban J connectivity index is 1.96. The largest absolute Gasteiger partial charge is 0.465 e. The minimum Gasteiger partial charge on any atom is -0.465 e. The molecule has 0 aromatic heterocycles. The Labute approximate surface area is 137 Å². The summed E-state index contributed by atoms with van der Waals surface area (Å²) in [4.78, 5) is 25.1. The molecule has 5 heteroatoms. The van der Waals surface area contributed by atoms with Crippen molar-refractivity contribution in [1.82, 2.24) is 4.90 Å². The van der Waals surface area contributed by atoms with Gasteiger partial charge in [-0.15, -0.1) is 0 Å². The number of nitrogens with zero attached hydrogens (tertiary/aromatic N) is 1. The van der Waals surface area contributed by atoms with Gasteiger partial charge in [0, 0.05) is 13.6 Å². The topological polar surface area (TPSA) is 55.8 Å². The van der Waals surface area contributed by atoms with Crippen molar-refractivity contribution >= 4 is 12.1 Å². The van der Waals surface area contributed by atoms with Crippen LogP contribution in [-0.2, 0) is 27.2 Å². The van der Waals surface area contributed by atoms with E-state index in [0.717, 1.165) is 17.5 Å². The highest BCUT2D eigenvalue weighted by molar-refractivity contribution is 5.74. The molecule has 1 amide bonds. The van der Waals surface area contributed by atoms with Crippen LogP contribution in [0, 0.1) is 5.92 Å². The number of benzene rings is 1. The van der Waals surface area contributed by atoms with E-state index in [-0.39, 0.29) is 18.0 Å². The fourth-order valence-corrected chi connectivity index (χ4v) is 2.54. The Morgan fingerprint density at radius 1 is 1.35 bits per heavy atom. The van der Waals surface area contributed by atoms with E-state index in [9.17, 15) is 9.59 Å². The molecule has 23 heavy (non-hydrogen) atoms. The van der Waals surface area contributed by atoms with Crippen LogP contribution in [0.5, 0.6) is 0 Å². The Morgan fingerprint density at radius 3 is 2.65 bits per heavy atom. The molecule has 1 aromatic carbocycles. The zero-order valence-corrected chi connectivity index (χ0v) is 14.3. The Bertz CT molecular complexity index is 577. The summed E-state index contributed by atoms with van der Waals surface area (Å²) < 4.78 is 10.4. The van der Waals surface area contributed by atoms with Gasteiger partial charge in [0.1, 0.15) is 5.60 Å². The van der Waals surface area contributed by atoms with E-state index in [1.807, 2.05) is 45.0 Å². The summed E-state index contributed by atoms with van der Waals surface area (Å²) >= 11 is 0. The molecule has 1 aliphatic heterocycles. The van der Waals surface area contributed by atoms with Crippen LogP contribution >= 0.6 is 0 Å². The molecule has 1 atom stereocenters. The standard InChI is InChI=1S/C18H25NO4/c1-18(2,3)23-17(21)19(4)12-14-7-5-6-13(10-14)11-15-8-9-22-16(15)20/h5-7,10,15H,8-9,11-12H2,1-4H3. The predicted octanol–water partition coefficient (Wildman–Crippen LogP) is 3.16. The first-order valence-electron chi connectivity index (χ1n) is 7.93. The predicted molar refractivity (Wildman–Crippen MR) is 86.9 cm³/mol. The first-order chi connectivity index (χ1) is 10.7. The Hall–Kier alpha value is -2.04. The second kappa shape index (κ2) is 7.02. The molecule has 1 aliphatic rings. The molecular weight excluding hydrogens is 294 g/mol. The van der Waals surface area contributed by atoms with Crippen molar-refractivity contribution in [1.29, 1.82) is 0 Å². The van der Waals surface area contributed by atoms with Crippen molar-refractivity contribution < 1.29 is 19.1 Å². The Kier molecular flexibility index (Phi) is 5.29. The number of ether oxygens (including phenoxy) is 2. The zero-order valence-electron chi connectivity index (χ0n) is 14.3. The molecule has 0 spiro atoms. The molecule has 1 aromatic rings. The highest BCUT2D eigenvalue weighted by atomic mass is 16.6. The first-order valence-corrected chi connectivity index (χ1v) is 7.93. The van der Waals surface area contributed by atoms with Crippen LogP contribution in [0.2, 0.25) is 0 Å². The maximum absolute atomic E-state index is 12.0. The van der Waals surface area contributed by atoms with Crippen LogP contribution in [0.25, 0.3) is 0 Å². The number of amides is 1. The average molecular weight is 319 g/mol. The molecular formula is C18H25NO4. The summed E-state index contributed by atoms with van der Waals surface area (Å²) in [5.74, 6) is -0.157. The lowest BCUT2D eigenvalue weighted by Gasteiger charge is -2.24. The monoisotopic (exact) mass is 319 g/mol. The number of esters is 1. The van der Waals surface area contributed by atoms with Crippen molar-refractivity contribution in [2.24, 2.45) is 5.92 Å². The van der Waals surface area contributed by atoms with Crippen molar-refractivity contribution in [3.05, 3.63) is 35.4 Å². The smallest absolute Gasteiger partial charge is 0.410 e. The summed E-state index contributed by atoms with van der Waals surface area (Å²) in [6.45, 7) is 6.53. The summed E-state index contributed by atoms with van der Waals surface area (Å²) in [7, 11) is 1.72. The van der Waals surface area contributed by atoms with Crippen molar-refractivity contribution in [3.63, 3.8) is 0 Å². The lowest BCUT2D eigenvalue weighted by molar-refractivity contribution is -0.141. The number of carbonyl (C=O) groups is 2. The van der Waals surface area contributed by atoms with Gasteiger partial charge in [-0.1, -0.05) is 24.3 Å². The van der Waals surface area contributed by atoms with Crippen LogP contribution in [0.1, 0.15) is 38.3 Å². The third-order valence-corrected chi connectivity index (χ3v) is 3.64. The number of hydrogen-bond donors (Lipinski definition) is 0. The second-order valence-electron chi connectivity index (χ2n) is 7.01. The Morgan fingerprint density at radius 2 is 2.04 bits per heavy atom. The first kappa shape index (κ1) is 17.3. The van der Waals surface area contributed by atoms with E-state index in [4.69, 9.17) is 9.47 Å². The van der Waals surface area contributed by atoms with Crippen molar-refractivity contribution in [2.75, 3.05) is 13.7 Å². The van der Waals surface area contributed by atoms with E-state index < -0.39 is 5.60 Å². The van der Waals surface area contributed by atoms with Crippen LogP contribution in [0.15, 0.2) is 24.3 Å². The maximum atomic E-state index is 12.0. The molecule has 0 bridgehead atoms. The third-order valence-electron chi connectivity index (χ3n) is 3.64. The number of carbonyl (C=O) groups excluding carboxylic acids is 2. The van der Waals surface area contributed by atoms with E-state index in [1.54, 1.807) is 11.9 Å². The van der Waals surface area contributed by atoms with Crippen molar-refractivity contribution in [3.8, 4) is 0 Å². The lowest BCUT2D eigenvalue weighted by atomic mass is 9.97. The van der Waals surface area contributed by atoms with E-state index in [0.29, 0.717) is 19.6 Å². The van der Waals surface area contributed by atoms with E-state index in [2.05, 4.69) is 0 Å². The summed E-state index contributed by atoms with van der Waals surface area (Å²) in [5.41, 5.74) is 1.60. The average Bonchev–Trinajstić information content (AvgIpc) is 2.83.